The second-order valence-corrected chi connectivity index (χ2v) is 14.1. The van der Waals surface area contributed by atoms with Crippen molar-refractivity contribution in [3.8, 4) is 0 Å². The number of esters is 1. The molecule has 0 radical (unpaired) electrons. The van der Waals surface area contributed by atoms with Gasteiger partial charge in [-0.3, -0.25) is 14.3 Å². The number of carbonyl (C=O) groups excluding carboxylic acids is 3. The van der Waals surface area contributed by atoms with Gasteiger partial charge in [0.15, 0.2) is 0 Å². The van der Waals surface area contributed by atoms with Crippen LogP contribution in [0.15, 0.2) is 66.7 Å². The van der Waals surface area contributed by atoms with E-state index in [1.807, 2.05) is 12.1 Å². The van der Waals surface area contributed by atoms with Crippen LogP contribution < -0.4 is 15.4 Å². The van der Waals surface area contributed by atoms with Crippen LogP contribution in [0.5, 0.6) is 0 Å². The molecule has 0 saturated heterocycles. The minimum atomic E-state index is -3.63. The number of aromatic nitrogens is 1. The summed E-state index contributed by atoms with van der Waals surface area (Å²) in [6.45, 7) is 11.6. The summed E-state index contributed by atoms with van der Waals surface area (Å²) < 4.78 is 31.5. The highest BCUT2D eigenvalue weighted by Crippen LogP contribution is 2.27. The van der Waals surface area contributed by atoms with E-state index in [0.717, 1.165) is 17.2 Å². The number of hydrogen-bond acceptors (Lipinski definition) is 6. The van der Waals surface area contributed by atoms with Crippen molar-refractivity contribution in [1.82, 2.24) is 4.98 Å². The lowest BCUT2D eigenvalue weighted by Crippen LogP contribution is -2.24. The van der Waals surface area contributed by atoms with E-state index in [-0.39, 0.29) is 28.0 Å². The Bertz CT molecular complexity index is 1810. The molecular weight excluding hydrogens is 568 g/mol. The van der Waals surface area contributed by atoms with Gasteiger partial charge >= 0.3 is 5.97 Å². The van der Waals surface area contributed by atoms with Crippen molar-refractivity contribution < 1.29 is 27.5 Å². The molecule has 3 aromatic carbocycles. The van der Waals surface area contributed by atoms with Gasteiger partial charge in [-0.15, -0.1) is 0 Å². The van der Waals surface area contributed by atoms with Gasteiger partial charge < -0.3 is 20.4 Å². The van der Waals surface area contributed by atoms with E-state index in [0.29, 0.717) is 16.8 Å². The van der Waals surface area contributed by atoms with Crippen molar-refractivity contribution in [2.24, 2.45) is 0 Å². The predicted molar refractivity (Wildman–Crippen MR) is 169 cm³/mol. The molecule has 4 aromatic rings. The van der Waals surface area contributed by atoms with Crippen LogP contribution >= 0.6 is 0 Å². The molecule has 1 aromatic heterocycles. The van der Waals surface area contributed by atoms with E-state index in [9.17, 15) is 22.8 Å². The van der Waals surface area contributed by atoms with Crippen LogP contribution in [-0.4, -0.2) is 43.0 Å². The van der Waals surface area contributed by atoms with Gasteiger partial charge in [-0.2, -0.15) is 0 Å². The number of amides is 2. The van der Waals surface area contributed by atoms with Gasteiger partial charge in [0.25, 0.3) is 11.8 Å². The number of aromatic amines is 1. The van der Waals surface area contributed by atoms with Crippen molar-refractivity contribution >= 4 is 55.8 Å². The van der Waals surface area contributed by atoms with Crippen molar-refractivity contribution in [3.05, 3.63) is 89.1 Å². The molecule has 226 valence electrons. The summed E-state index contributed by atoms with van der Waals surface area (Å²) in [6.07, 6.45) is 1.00. The van der Waals surface area contributed by atoms with Crippen LogP contribution in [-0.2, 0) is 20.2 Å². The number of rotatable bonds is 7. The average Bonchev–Trinajstić information content (AvgIpc) is 3.31. The Hall–Kier alpha value is -4.64. The van der Waals surface area contributed by atoms with Gasteiger partial charge in [-0.05, 0) is 80.3 Å². The molecule has 0 saturated carbocycles. The monoisotopic (exact) mass is 604 g/mol. The molecule has 43 heavy (non-hydrogen) atoms. The van der Waals surface area contributed by atoms with E-state index in [4.69, 9.17) is 4.74 Å². The molecule has 0 aliphatic carbocycles. The SMILES string of the molecule is CC(C)(C)OC(=O)c1cc2ccc(NC(=O)c3cc(NS(C)(=O)=O)ccc3NC(=O)c3ccc(C(C)(C)C)cc3)cc2[nH]1. The van der Waals surface area contributed by atoms with E-state index >= 15 is 0 Å². The van der Waals surface area contributed by atoms with Crippen LogP contribution in [0, 0.1) is 0 Å². The van der Waals surface area contributed by atoms with Crippen LogP contribution in [0.1, 0.15) is 78.3 Å². The van der Waals surface area contributed by atoms with Crippen LogP contribution in [0.2, 0.25) is 0 Å². The second-order valence-electron chi connectivity index (χ2n) is 12.4. The summed E-state index contributed by atoms with van der Waals surface area (Å²) in [7, 11) is -3.63. The highest BCUT2D eigenvalue weighted by Gasteiger charge is 2.21. The maximum Gasteiger partial charge on any atom is 0.355 e. The lowest BCUT2D eigenvalue weighted by molar-refractivity contribution is 0.00636. The highest BCUT2D eigenvalue weighted by molar-refractivity contribution is 7.92. The molecule has 0 bridgehead atoms. The Balaban J connectivity index is 1.61. The average molecular weight is 605 g/mol. The Morgan fingerprint density at radius 3 is 2.02 bits per heavy atom. The molecule has 0 fully saturated rings. The van der Waals surface area contributed by atoms with Crippen LogP contribution in [0.4, 0.5) is 17.1 Å². The lowest BCUT2D eigenvalue weighted by Gasteiger charge is -2.19. The fraction of sp³-hybridized carbons (Fsp3) is 0.281. The van der Waals surface area contributed by atoms with Crippen molar-refractivity contribution in [1.29, 1.82) is 0 Å². The third-order valence-corrected chi connectivity index (χ3v) is 6.93. The fourth-order valence-electron chi connectivity index (χ4n) is 4.28. The maximum absolute atomic E-state index is 13.5. The number of benzene rings is 3. The maximum atomic E-state index is 13.5. The highest BCUT2D eigenvalue weighted by atomic mass is 32.2. The summed E-state index contributed by atoms with van der Waals surface area (Å²) in [5.41, 5.74) is 2.39. The van der Waals surface area contributed by atoms with Crippen molar-refractivity contribution in [2.45, 2.75) is 52.6 Å². The minimum Gasteiger partial charge on any atom is -0.455 e. The fourth-order valence-corrected chi connectivity index (χ4v) is 4.84. The summed E-state index contributed by atoms with van der Waals surface area (Å²) in [5, 5.41) is 6.30. The number of anilines is 3. The van der Waals surface area contributed by atoms with E-state index in [2.05, 4.69) is 41.1 Å². The largest absolute Gasteiger partial charge is 0.455 e. The van der Waals surface area contributed by atoms with Gasteiger partial charge in [-0.25, -0.2) is 13.2 Å². The van der Waals surface area contributed by atoms with E-state index < -0.39 is 33.4 Å². The summed E-state index contributed by atoms with van der Waals surface area (Å²) >= 11 is 0. The van der Waals surface area contributed by atoms with E-state index in [1.165, 1.54) is 18.2 Å². The zero-order valence-electron chi connectivity index (χ0n) is 25.2. The Kier molecular flexibility index (Phi) is 8.42. The number of carbonyl (C=O) groups is 3. The molecule has 2 amide bonds. The Labute approximate surface area is 251 Å². The third kappa shape index (κ3) is 8.23. The number of nitrogens with one attached hydrogen (secondary N) is 4. The first-order valence-corrected chi connectivity index (χ1v) is 15.5. The van der Waals surface area contributed by atoms with Gasteiger partial charge in [0.2, 0.25) is 10.0 Å². The third-order valence-electron chi connectivity index (χ3n) is 6.33. The predicted octanol–water partition coefficient (Wildman–Crippen LogP) is 6.30. The lowest BCUT2D eigenvalue weighted by atomic mass is 9.86. The molecule has 0 aliphatic heterocycles. The molecule has 0 atom stereocenters. The van der Waals surface area contributed by atoms with Crippen molar-refractivity contribution in [2.75, 3.05) is 21.6 Å². The summed E-state index contributed by atoms with van der Waals surface area (Å²) in [4.78, 5) is 42.1. The smallest absolute Gasteiger partial charge is 0.355 e. The molecule has 11 heteroatoms. The number of fused-ring (bicyclic) bond motifs is 1. The Morgan fingerprint density at radius 1 is 0.767 bits per heavy atom. The molecule has 10 nitrogen and oxygen atoms in total. The normalized spacial score (nSPS) is 12.1. The van der Waals surface area contributed by atoms with Gasteiger partial charge in [0, 0.05) is 27.8 Å². The molecule has 0 unspecified atom stereocenters. The molecule has 0 spiro atoms. The molecule has 1 heterocycles. The number of ether oxygens (including phenoxy) is 1. The zero-order valence-corrected chi connectivity index (χ0v) is 26.0. The second kappa shape index (κ2) is 11.6. The van der Waals surface area contributed by atoms with Crippen LogP contribution in [0.3, 0.4) is 0 Å². The summed E-state index contributed by atoms with van der Waals surface area (Å²) in [6, 6.07) is 18.2. The zero-order chi connectivity index (χ0) is 31.7. The molecule has 0 aliphatic rings. The molecular formula is C32H36N4O6S. The first-order valence-electron chi connectivity index (χ1n) is 13.6. The van der Waals surface area contributed by atoms with Gasteiger partial charge in [-0.1, -0.05) is 39.0 Å². The molecule has 4 rings (SSSR count). The van der Waals surface area contributed by atoms with E-state index in [1.54, 1.807) is 57.2 Å². The standard InChI is InChI=1S/C32H36N4O6S/c1-31(2,3)21-11-8-19(9-12-21)28(37)35-25-15-14-23(36-43(7,40)41)17-24(25)29(38)33-22-13-10-20-16-27(34-26(20)18-22)30(39)42-32(4,5)6/h8-18,34,36H,1-7H3,(H,33,38)(H,35,37). The number of H-pyrrole nitrogens is 1. The minimum absolute atomic E-state index is 0.0364. The first-order chi connectivity index (χ1) is 19.9. The molecule has 4 N–H and O–H groups in total. The first kappa shape index (κ1) is 31.3. The summed E-state index contributed by atoms with van der Waals surface area (Å²) in [5.74, 6) is -1.52. The quantitative estimate of drug-likeness (QED) is 0.182. The number of hydrogen-bond donors (Lipinski definition) is 4. The topological polar surface area (TPSA) is 146 Å². The van der Waals surface area contributed by atoms with Crippen molar-refractivity contribution in [3.63, 3.8) is 0 Å². The van der Waals surface area contributed by atoms with Gasteiger partial charge in [0.05, 0.1) is 17.5 Å². The van der Waals surface area contributed by atoms with Crippen LogP contribution in [0.25, 0.3) is 10.9 Å². The Morgan fingerprint density at radius 2 is 1.42 bits per heavy atom. The number of sulfonamides is 1. The van der Waals surface area contributed by atoms with Gasteiger partial charge in [0.1, 0.15) is 11.3 Å².